The van der Waals surface area contributed by atoms with Gasteiger partial charge in [-0.25, -0.2) is 8.42 Å². The van der Waals surface area contributed by atoms with Crippen LogP contribution >= 0.6 is 0 Å². The maximum Gasteiger partial charge on any atom is 0.255 e. The number of amides is 1. The molecule has 2 heterocycles. The van der Waals surface area contributed by atoms with Crippen molar-refractivity contribution in [3.63, 3.8) is 0 Å². The molecule has 0 spiro atoms. The van der Waals surface area contributed by atoms with Gasteiger partial charge < -0.3 is 10.2 Å². The van der Waals surface area contributed by atoms with Crippen molar-refractivity contribution in [1.29, 1.82) is 0 Å². The monoisotopic (exact) mass is 387 g/mol. The molecule has 2 aromatic rings. The smallest absolute Gasteiger partial charge is 0.255 e. The molecule has 144 valence electrons. The predicted molar refractivity (Wildman–Crippen MR) is 107 cm³/mol. The zero-order chi connectivity index (χ0) is 19.6. The summed E-state index contributed by atoms with van der Waals surface area (Å²) in [6, 6.07) is 7.57. The molecule has 1 aromatic heterocycles. The molecule has 1 unspecified atom stereocenters. The second-order valence-corrected chi connectivity index (χ2v) is 9.26. The van der Waals surface area contributed by atoms with Crippen molar-refractivity contribution >= 4 is 27.1 Å². The number of aryl methyl sites for hydroxylation is 2. The number of nitrogens with zero attached hydrogens (tertiary/aromatic N) is 2. The van der Waals surface area contributed by atoms with Crippen molar-refractivity contribution in [2.24, 2.45) is 0 Å². The van der Waals surface area contributed by atoms with Crippen LogP contribution in [0.3, 0.4) is 0 Å². The van der Waals surface area contributed by atoms with E-state index in [1.54, 1.807) is 17.2 Å². The first-order valence-corrected chi connectivity index (χ1v) is 10.9. The lowest BCUT2D eigenvalue weighted by Gasteiger charge is -2.27. The molecule has 1 atom stereocenters. The molecule has 0 saturated carbocycles. The highest BCUT2D eigenvalue weighted by Gasteiger charge is 2.34. The van der Waals surface area contributed by atoms with Crippen molar-refractivity contribution in [3.8, 4) is 0 Å². The number of anilines is 2. The van der Waals surface area contributed by atoms with Crippen molar-refractivity contribution in [3.05, 3.63) is 53.3 Å². The number of aromatic nitrogens is 1. The van der Waals surface area contributed by atoms with Crippen molar-refractivity contribution in [2.75, 3.05) is 23.4 Å². The molecule has 0 radical (unpaired) electrons. The lowest BCUT2D eigenvalue weighted by atomic mass is 10.1. The number of hydrogen-bond acceptors (Lipinski definition) is 5. The number of rotatable bonds is 5. The number of nitrogens with one attached hydrogen (secondary N) is 1. The normalized spacial score (nSPS) is 18.3. The van der Waals surface area contributed by atoms with Gasteiger partial charge in [0, 0.05) is 24.5 Å². The summed E-state index contributed by atoms with van der Waals surface area (Å²) in [5, 5.41) is 3.28. The van der Waals surface area contributed by atoms with Gasteiger partial charge in [-0.3, -0.25) is 9.78 Å². The van der Waals surface area contributed by atoms with Crippen LogP contribution in [0.2, 0.25) is 0 Å². The molecule has 6 nitrogen and oxygen atoms in total. The minimum atomic E-state index is -3.04. The summed E-state index contributed by atoms with van der Waals surface area (Å²) in [4.78, 5) is 18.8. The van der Waals surface area contributed by atoms with E-state index < -0.39 is 9.84 Å². The van der Waals surface area contributed by atoms with E-state index in [-0.39, 0.29) is 23.5 Å². The van der Waals surface area contributed by atoms with Gasteiger partial charge in [0.15, 0.2) is 9.84 Å². The third-order valence-corrected chi connectivity index (χ3v) is 6.78. The zero-order valence-corrected chi connectivity index (χ0v) is 16.7. The average Bonchev–Trinajstić information content (AvgIpc) is 2.98. The van der Waals surface area contributed by atoms with Crippen molar-refractivity contribution < 1.29 is 13.2 Å². The first-order chi connectivity index (χ1) is 12.8. The highest BCUT2D eigenvalue weighted by atomic mass is 32.2. The second kappa shape index (κ2) is 7.68. The Labute approximate surface area is 160 Å². The van der Waals surface area contributed by atoms with Crippen LogP contribution in [-0.2, 0) is 9.84 Å². The van der Waals surface area contributed by atoms with E-state index in [1.807, 2.05) is 32.0 Å². The van der Waals surface area contributed by atoms with Gasteiger partial charge in [0.05, 0.1) is 29.0 Å². The lowest BCUT2D eigenvalue weighted by Crippen LogP contribution is -2.41. The minimum absolute atomic E-state index is 0.0423. The standard InChI is InChI=1S/C20H25N3O3S/c1-4-23(19-7-8-27(25,26)13-19)20(24)16-10-18(12-21-11-16)22-17-6-5-14(2)15(3)9-17/h5-6,9-12,19,22H,4,7-8,13H2,1-3H3. The molecule has 1 saturated heterocycles. The van der Waals surface area contributed by atoms with Crippen LogP contribution in [0.5, 0.6) is 0 Å². The summed E-state index contributed by atoms with van der Waals surface area (Å²) >= 11 is 0. The molecular formula is C20H25N3O3S. The van der Waals surface area contributed by atoms with E-state index in [4.69, 9.17) is 0 Å². The lowest BCUT2D eigenvalue weighted by molar-refractivity contribution is 0.0708. The van der Waals surface area contributed by atoms with Crippen molar-refractivity contribution in [1.82, 2.24) is 9.88 Å². The van der Waals surface area contributed by atoms with Gasteiger partial charge in [0.25, 0.3) is 5.91 Å². The summed E-state index contributed by atoms with van der Waals surface area (Å²) < 4.78 is 23.5. The van der Waals surface area contributed by atoms with E-state index in [9.17, 15) is 13.2 Å². The molecule has 1 N–H and O–H groups in total. The van der Waals surface area contributed by atoms with Crippen molar-refractivity contribution in [2.45, 2.75) is 33.2 Å². The van der Waals surface area contributed by atoms with Crippen LogP contribution < -0.4 is 5.32 Å². The van der Waals surface area contributed by atoms with E-state index >= 15 is 0 Å². The van der Waals surface area contributed by atoms with E-state index in [1.165, 1.54) is 17.3 Å². The van der Waals surface area contributed by atoms with Gasteiger partial charge in [-0.1, -0.05) is 6.07 Å². The van der Waals surface area contributed by atoms with Crippen LogP contribution in [-0.4, -0.2) is 48.3 Å². The third-order valence-electron chi connectivity index (χ3n) is 5.03. The van der Waals surface area contributed by atoms with E-state index in [2.05, 4.69) is 17.2 Å². The molecule has 27 heavy (non-hydrogen) atoms. The van der Waals surface area contributed by atoms with Crippen LogP contribution in [0.15, 0.2) is 36.7 Å². The first-order valence-electron chi connectivity index (χ1n) is 9.10. The molecule has 1 amide bonds. The van der Waals surface area contributed by atoms with Gasteiger partial charge in [-0.05, 0) is 56.5 Å². The fraction of sp³-hybridized carbons (Fsp3) is 0.400. The van der Waals surface area contributed by atoms with Crippen LogP contribution in [0.1, 0.15) is 34.8 Å². The Bertz CT molecular complexity index is 957. The molecule has 1 aliphatic heterocycles. The molecular weight excluding hydrogens is 362 g/mol. The largest absolute Gasteiger partial charge is 0.354 e. The zero-order valence-electron chi connectivity index (χ0n) is 15.9. The summed E-state index contributed by atoms with van der Waals surface area (Å²) in [5.41, 5.74) is 4.50. The summed E-state index contributed by atoms with van der Waals surface area (Å²) in [7, 11) is -3.04. The van der Waals surface area contributed by atoms with Crippen LogP contribution in [0.25, 0.3) is 0 Å². The number of sulfone groups is 1. The van der Waals surface area contributed by atoms with Gasteiger partial charge in [0.2, 0.25) is 0 Å². The fourth-order valence-electron chi connectivity index (χ4n) is 3.37. The van der Waals surface area contributed by atoms with E-state index in [0.29, 0.717) is 18.5 Å². The van der Waals surface area contributed by atoms with E-state index in [0.717, 1.165) is 11.4 Å². The molecule has 1 fully saturated rings. The summed E-state index contributed by atoms with van der Waals surface area (Å²) in [5.74, 6) is 0.00474. The maximum atomic E-state index is 12.9. The number of hydrogen-bond donors (Lipinski definition) is 1. The molecule has 1 aliphatic rings. The molecule has 0 bridgehead atoms. The molecule has 3 rings (SSSR count). The van der Waals surface area contributed by atoms with Gasteiger partial charge in [-0.15, -0.1) is 0 Å². The molecule has 7 heteroatoms. The number of benzene rings is 1. The highest BCUT2D eigenvalue weighted by Crippen LogP contribution is 2.23. The third kappa shape index (κ3) is 4.47. The Morgan fingerprint density at radius 3 is 2.59 bits per heavy atom. The topological polar surface area (TPSA) is 79.4 Å². The Balaban J connectivity index is 1.79. The quantitative estimate of drug-likeness (QED) is 0.853. The predicted octanol–water partition coefficient (Wildman–Crippen LogP) is 3.09. The summed E-state index contributed by atoms with van der Waals surface area (Å²) in [6.45, 7) is 6.44. The SMILES string of the molecule is CCN(C(=O)c1cncc(Nc2ccc(C)c(C)c2)c1)C1CCS(=O)(=O)C1. The first kappa shape index (κ1) is 19.4. The Morgan fingerprint density at radius 2 is 1.96 bits per heavy atom. The second-order valence-electron chi connectivity index (χ2n) is 7.03. The van der Waals surface area contributed by atoms with Crippen LogP contribution in [0.4, 0.5) is 11.4 Å². The van der Waals surface area contributed by atoms with Gasteiger partial charge >= 0.3 is 0 Å². The fourth-order valence-corrected chi connectivity index (χ4v) is 5.10. The maximum absolute atomic E-state index is 12.9. The number of carbonyl (C=O) groups is 1. The minimum Gasteiger partial charge on any atom is -0.354 e. The Hall–Kier alpha value is -2.41. The molecule has 0 aliphatic carbocycles. The average molecular weight is 388 g/mol. The number of pyridine rings is 1. The number of carbonyl (C=O) groups excluding carboxylic acids is 1. The van der Waals surface area contributed by atoms with Gasteiger partial charge in [0.1, 0.15) is 0 Å². The van der Waals surface area contributed by atoms with Crippen LogP contribution in [0, 0.1) is 13.8 Å². The molecule has 1 aromatic carbocycles. The Morgan fingerprint density at radius 1 is 1.19 bits per heavy atom. The highest BCUT2D eigenvalue weighted by molar-refractivity contribution is 7.91. The Kier molecular flexibility index (Phi) is 5.51. The summed E-state index contributed by atoms with van der Waals surface area (Å²) in [6.07, 6.45) is 3.69. The van der Waals surface area contributed by atoms with Gasteiger partial charge in [-0.2, -0.15) is 0 Å².